The SMILES string of the molecule is CCN(CC)c1ccc(C2/C(=C(\O)c3ccc(F)c(C)c3)C(=O)C(=O)N2c2cc(F)ccc2F)cc1. The predicted molar refractivity (Wildman–Crippen MR) is 132 cm³/mol. The molecule has 186 valence electrons. The van der Waals surface area contributed by atoms with Crippen molar-refractivity contribution in [1.82, 2.24) is 0 Å². The minimum Gasteiger partial charge on any atom is -0.507 e. The minimum atomic E-state index is -1.24. The number of hydrogen-bond acceptors (Lipinski definition) is 4. The van der Waals surface area contributed by atoms with Gasteiger partial charge in [-0.25, -0.2) is 13.2 Å². The number of carbonyl (C=O) groups is 2. The van der Waals surface area contributed by atoms with Gasteiger partial charge in [-0.1, -0.05) is 12.1 Å². The highest BCUT2D eigenvalue weighted by molar-refractivity contribution is 6.51. The quantitative estimate of drug-likeness (QED) is 0.264. The summed E-state index contributed by atoms with van der Waals surface area (Å²) in [4.78, 5) is 29.3. The molecule has 36 heavy (non-hydrogen) atoms. The van der Waals surface area contributed by atoms with Crippen molar-refractivity contribution in [2.24, 2.45) is 0 Å². The number of rotatable bonds is 6. The lowest BCUT2D eigenvalue weighted by Gasteiger charge is -2.27. The van der Waals surface area contributed by atoms with Crippen LogP contribution < -0.4 is 9.80 Å². The number of Topliss-reactive ketones (excluding diaryl/α,β-unsaturated/α-hetero) is 1. The monoisotopic (exact) mass is 494 g/mol. The summed E-state index contributed by atoms with van der Waals surface area (Å²) in [6.45, 7) is 7.02. The topological polar surface area (TPSA) is 60.9 Å². The van der Waals surface area contributed by atoms with Crippen LogP contribution >= 0.6 is 0 Å². The van der Waals surface area contributed by atoms with Crippen molar-refractivity contribution in [1.29, 1.82) is 0 Å². The molecule has 1 aliphatic heterocycles. The van der Waals surface area contributed by atoms with Gasteiger partial charge in [-0.15, -0.1) is 0 Å². The van der Waals surface area contributed by atoms with Crippen molar-refractivity contribution in [2.75, 3.05) is 22.9 Å². The summed E-state index contributed by atoms with van der Waals surface area (Å²) in [5, 5.41) is 11.1. The number of carbonyl (C=O) groups excluding carboxylic acids is 2. The van der Waals surface area contributed by atoms with Crippen LogP contribution in [0, 0.1) is 24.4 Å². The number of aliphatic hydroxyl groups excluding tert-OH is 1. The Hall–Kier alpha value is -4.07. The average molecular weight is 495 g/mol. The smallest absolute Gasteiger partial charge is 0.300 e. The molecule has 5 nitrogen and oxygen atoms in total. The van der Waals surface area contributed by atoms with Crippen molar-refractivity contribution in [3.05, 3.63) is 100 Å². The van der Waals surface area contributed by atoms with E-state index in [1.807, 2.05) is 13.8 Å². The summed E-state index contributed by atoms with van der Waals surface area (Å²) in [6, 6.07) is 12.1. The molecular weight excluding hydrogens is 469 g/mol. The highest BCUT2D eigenvalue weighted by Crippen LogP contribution is 2.43. The first kappa shape index (κ1) is 25.0. The summed E-state index contributed by atoms with van der Waals surface area (Å²) >= 11 is 0. The minimum absolute atomic E-state index is 0.122. The molecule has 1 heterocycles. The average Bonchev–Trinajstić information content (AvgIpc) is 3.13. The summed E-state index contributed by atoms with van der Waals surface area (Å²) < 4.78 is 42.7. The van der Waals surface area contributed by atoms with Crippen molar-refractivity contribution < 1.29 is 27.9 Å². The van der Waals surface area contributed by atoms with Gasteiger partial charge in [-0.05, 0) is 74.4 Å². The fourth-order valence-corrected chi connectivity index (χ4v) is 4.47. The molecule has 1 atom stereocenters. The zero-order valence-corrected chi connectivity index (χ0v) is 20.1. The molecule has 0 bridgehead atoms. The largest absolute Gasteiger partial charge is 0.507 e. The van der Waals surface area contributed by atoms with Crippen LogP contribution in [0.15, 0.2) is 66.2 Å². The molecule has 1 unspecified atom stereocenters. The van der Waals surface area contributed by atoms with Crippen molar-refractivity contribution >= 4 is 28.8 Å². The zero-order chi connectivity index (χ0) is 26.1. The van der Waals surface area contributed by atoms with Gasteiger partial charge < -0.3 is 10.0 Å². The second-order valence-corrected chi connectivity index (χ2v) is 8.49. The molecule has 1 fully saturated rings. The Kier molecular flexibility index (Phi) is 6.88. The zero-order valence-electron chi connectivity index (χ0n) is 20.1. The molecule has 0 radical (unpaired) electrons. The summed E-state index contributed by atoms with van der Waals surface area (Å²) in [7, 11) is 0. The van der Waals surface area contributed by atoms with E-state index in [0.29, 0.717) is 5.56 Å². The molecule has 0 aromatic heterocycles. The molecule has 0 aliphatic carbocycles. The highest BCUT2D eigenvalue weighted by Gasteiger charge is 2.47. The van der Waals surface area contributed by atoms with E-state index in [2.05, 4.69) is 4.90 Å². The first-order valence-electron chi connectivity index (χ1n) is 11.5. The Balaban J connectivity index is 1.94. The molecule has 4 rings (SSSR count). The number of benzene rings is 3. The fourth-order valence-electron chi connectivity index (χ4n) is 4.47. The first-order chi connectivity index (χ1) is 17.2. The highest BCUT2D eigenvalue weighted by atomic mass is 19.1. The van der Waals surface area contributed by atoms with Crippen LogP contribution in [0.2, 0.25) is 0 Å². The third-order valence-corrected chi connectivity index (χ3v) is 6.38. The molecule has 1 aliphatic rings. The molecule has 8 heteroatoms. The molecular formula is C28H25F3N2O3. The lowest BCUT2D eigenvalue weighted by atomic mass is 9.94. The Bertz CT molecular complexity index is 1360. The van der Waals surface area contributed by atoms with Gasteiger partial charge in [0, 0.05) is 30.4 Å². The predicted octanol–water partition coefficient (Wildman–Crippen LogP) is 5.88. The lowest BCUT2D eigenvalue weighted by Crippen LogP contribution is -2.30. The van der Waals surface area contributed by atoms with Crippen molar-refractivity contribution in [3.8, 4) is 0 Å². The van der Waals surface area contributed by atoms with Crippen LogP contribution in [0.4, 0.5) is 24.5 Å². The van der Waals surface area contributed by atoms with E-state index in [0.717, 1.165) is 47.9 Å². The molecule has 3 aromatic rings. The molecule has 1 amide bonds. The van der Waals surface area contributed by atoms with Crippen LogP contribution in [-0.2, 0) is 9.59 Å². The van der Waals surface area contributed by atoms with E-state index in [1.165, 1.54) is 19.1 Å². The van der Waals surface area contributed by atoms with E-state index in [9.17, 15) is 27.9 Å². The van der Waals surface area contributed by atoms with E-state index in [-0.39, 0.29) is 16.7 Å². The maximum Gasteiger partial charge on any atom is 0.300 e. The molecule has 3 aromatic carbocycles. The van der Waals surface area contributed by atoms with Gasteiger partial charge in [-0.3, -0.25) is 14.5 Å². The van der Waals surface area contributed by atoms with Crippen LogP contribution in [0.3, 0.4) is 0 Å². The van der Waals surface area contributed by atoms with Gasteiger partial charge in [0.15, 0.2) is 0 Å². The van der Waals surface area contributed by atoms with Gasteiger partial charge in [0.25, 0.3) is 11.7 Å². The summed E-state index contributed by atoms with van der Waals surface area (Å²) in [5.74, 6) is -4.90. The Morgan fingerprint density at radius 2 is 1.56 bits per heavy atom. The number of hydrogen-bond donors (Lipinski definition) is 1. The van der Waals surface area contributed by atoms with Crippen LogP contribution in [0.1, 0.15) is 36.6 Å². The Labute approximate surface area is 207 Å². The van der Waals surface area contributed by atoms with Gasteiger partial charge >= 0.3 is 0 Å². The maximum absolute atomic E-state index is 14.8. The van der Waals surface area contributed by atoms with Crippen molar-refractivity contribution in [3.63, 3.8) is 0 Å². The summed E-state index contributed by atoms with van der Waals surface area (Å²) in [5.41, 5.74) is 0.927. The number of anilines is 2. The van der Waals surface area contributed by atoms with Gasteiger partial charge in [0.2, 0.25) is 0 Å². The number of halogens is 3. The Morgan fingerprint density at radius 1 is 0.917 bits per heavy atom. The number of ketones is 1. The second kappa shape index (κ2) is 9.89. The second-order valence-electron chi connectivity index (χ2n) is 8.49. The van der Waals surface area contributed by atoms with Gasteiger partial charge in [0.05, 0.1) is 17.3 Å². The summed E-state index contributed by atoms with van der Waals surface area (Å²) in [6.07, 6.45) is 0. The fraction of sp³-hybridized carbons (Fsp3) is 0.214. The lowest BCUT2D eigenvalue weighted by molar-refractivity contribution is -0.132. The maximum atomic E-state index is 14.8. The molecule has 1 saturated heterocycles. The number of aryl methyl sites for hydroxylation is 1. The first-order valence-corrected chi connectivity index (χ1v) is 11.5. The Morgan fingerprint density at radius 3 is 2.17 bits per heavy atom. The van der Waals surface area contributed by atoms with E-state index in [4.69, 9.17) is 0 Å². The van der Waals surface area contributed by atoms with Crippen molar-refractivity contribution in [2.45, 2.75) is 26.8 Å². The molecule has 0 spiro atoms. The van der Waals surface area contributed by atoms with Gasteiger partial charge in [-0.2, -0.15) is 0 Å². The van der Waals surface area contributed by atoms with Crippen LogP contribution in [0.25, 0.3) is 5.76 Å². The van der Waals surface area contributed by atoms with E-state index in [1.54, 1.807) is 24.3 Å². The van der Waals surface area contributed by atoms with Crippen LogP contribution in [0.5, 0.6) is 0 Å². The third-order valence-electron chi connectivity index (χ3n) is 6.38. The van der Waals surface area contributed by atoms with Gasteiger partial charge in [0.1, 0.15) is 23.2 Å². The normalized spacial score (nSPS) is 17.1. The molecule has 1 N–H and O–H groups in total. The van der Waals surface area contributed by atoms with E-state index < -0.39 is 46.6 Å². The van der Waals surface area contributed by atoms with E-state index >= 15 is 0 Å². The number of nitrogens with zero attached hydrogens (tertiary/aromatic N) is 2. The standard InChI is InChI=1S/C28H25F3N2O3/c1-4-32(5-2)20-10-6-17(7-11-20)25-24(26(34)18-8-12-21(30)16(3)14-18)27(35)28(36)33(25)23-15-19(29)9-13-22(23)31/h6-15,25,34H,4-5H2,1-3H3/b26-24+. The third kappa shape index (κ3) is 4.34. The number of aliphatic hydroxyl groups is 1. The number of amides is 1. The molecule has 0 saturated carbocycles. The van der Waals surface area contributed by atoms with Crippen LogP contribution in [-0.4, -0.2) is 29.9 Å².